The molecule has 0 bridgehead atoms. The maximum Gasteiger partial charge on any atom is 0.247 e. The van der Waals surface area contributed by atoms with E-state index < -0.39 is 23.1 Å². The number of nitrogens with one attached hydrogen (secondary N) is 2. The first-order valence-corrected chi connectivity index (χ1v) is 16.8. The lowest BCUT2D eigenvalue weighted by molar-refractivity contribution is -0.112. The van der Waals surface area contributed by atoms with E-state index in [1.165, 1.54) is 12.5 Å². The molecule has 6 rings (SSSR count). The highest BCUT2D eigenvalue weighted by Gasteiger charge is 2.31. The van der Waals surface area contributed by atoms with Gasteiger partial charge in [0.1, 0.15) is 22.6 Å². The Balaban J connectivity index is 0.000000191. The van der Waals surface area contributed by atoms with Crippen molar-refractivity contribution in [1.82, 2.24) is 4.98 Å². The van der Waals surface area contributed by atoms with Crippen LogP contribution in [0.15, 0.2) is 66.5 Å². The Bertz CT molecular complexity index is 1750. The first-order chi connectivity index (χ1) is 23.4. The Hall–Kier alpha value is -4.60. The van der Waals surface area contributed by atoms with E-state index in [1.807, 2.05) is 24.3 Å². The summed E-state index contributed by atoms with van der Waals surface area (Å²) in [7, 11) is 0. The molecule has 7 nitrogen and oxygen atoms in total. The van der Waals surface area contributed by atoms with Gasteiger partial charge in [-0.25, -0.2) is 18.2 Å². The van der Waals surface area contributed by atoms with Crippen LogP contribution in [-0.4, -0.2) is 34.7 Å². The molecule has 3 aliphatic rings. The van der Waals surface area contributed by atoms with Gasteiger partial charge < -0.3 is 19.8 Å². The van der Waals surface area contributed by atoms with Crippen LogP contribution in [0.5, 0.6) is 5.75 Å². The average molecular weight is 676 g/mol. The van der Waals surface area contributed by atoms with Gasteiger partial charge in [0, 0.05) is 28.8 Å². The Morgan fingerprint density at radius 2 is 1.45 bits per heavy atom. The molecule has 49 heavy (non-hydrogen) atoms. The third-order valence-corrected chi connectivity index (χ3v) is 9.53. The molecular formula is C39H44F3N3O4. The summed E-state index contributed by atoms with van der Waals surface area (Å²) in [6, 6.07) is 5.18. The number of hydrogen-bond donors (Lipinski definition) is 2. The number of benzene rings is 2. The van der Waals surface area contributed by atoms with Gasteiger partial charge in [0.2, 0.25) is 11.8 Å². The minimum absolute atomic E-state index is 0.133. The fourth-order valence-corrected chi connectivity index (χ4v) is 6.50. The summed E-state index contributed by atoms with van der Waals surface area (Å²) in [6.07, 6.45) is 17.8. The molecule has 3 aromatic rings. The number of amides is 2. The Labute approximate surface area is 285 Å². The summed E-state index contributed by atoms with van der Waals surface area (Å²) >= 11 is 0. The molecule has 2 amide bonds. The van der Waals surface area contributed by atoms with Crippen molar-refractivity contribution in [3.63, 3.8) is 0 Å². The van der Waals surface area contributed by atoms with Crippen molar-refractivity contribution in [2.24, 2.45) is 11.8 Å². The highest BCUT2D eigenvalue weighted by Crippen LogP contribution is 2.39. The number of anilines is 2. The summed E-state index contributed by atoms with van der Waals surface area (Å²) in [4.78, 5) is 27.2. The highest BCUT2D eigenvalue weighted by molar-refractivity contribution is 6.01. The molecule has 2 heterocycles. The van der Waals surface area contributed by atoms with Crippen molar-refractivity contribution in [3.8, 4) is 5.75 Å². The van der Waals surface area contributed by atoms with E-state index in [1.54, 1.807) is 26.0 Å². The summed E-state index contributed by atoms with van der Waals surface area (Å²) in [5.41, 5.74) is 2.10. The molecular weight excluding hydrogens is 631 g/mol. The second-order valence-corrected chi connectivity index (χ2v) is 13.6. The molecule has 10 heteroatoms. The number of nitrogens with zero attached hydrogens (tertiary/aromatic N) is 1. The second kappa shape index (κ2) is 15.3. The van der Waals surface area contributed by atoms with E-state index in [2.05, 4.69) is 34.9 Å². The van der Waals surface area contributed by atoms with E-state index in [9.17, 15) is 22.8 Å². The number of rotatable bonds is 8. The average Bonchev–Trinajstić information content (AvgIpc) is 3.76. The van der Waals surface area contributed by atoms with E-state index >= 15 is 0 Å². The van der Waals surface area contributed by atoms with Gasteiger partial charge in [0.25, 0.3) is 0 Å². The molecule has 0 saturated heterocycles. The van der Waals surface area contributed by atoms with Crippen LogP contribution < -0.4 is 15.4 Å². The lowest BCUT2D eigenvalue weighted by atomic mass is 9.81. The van der Waals surface area contributed by atoms with Gasteiger partial charge in [-0.3, -0.25) is 9.59 Å². The van der Waals surface area contributed by atoms with Crippen molar-refractivity contribution in [2.75, 3.05) is 17.2 Å². The molecule has 0 atom stereocenters. The molecule has 1 aromatic heterocycles. The first kappa shape index (κ1) is 35.7. The number of hydrogen-bond acceptors (Lipinski definition) is 5. The van der Waals surface area contributed by atoms with Crippen LogP contribution >= 0.6 is 0 Å². The molecule has 0 spiro atoms. The Kier molecular flexibility index (Phi) is 11.2. The summed E-state index contributed by atoms with van der Waals surface area (Å²) in [6.45, 7) is 10.6. The van der Waals surface area contributed by atoms with E-state index in [-0.39, 0.29) is 11.6 Å². The predicted octanol–water partition coefficient (Wildman–Crippen LogP) is 9.70. The fraction of sp³-hybridized carbons (Fsp3) is 0.410. The molecule has 0 unspecified atom stereocenters. The van der Waals surface area contributed by atoms with Crippen LogP contribution in [0.3, 0.4) is 0 Å². The van der Waals surface area contributed by atoms with Crippen LogP contribution in [0, 0.1) is 17.7 Å². The number of carbonyl (C=O) groups excluding carboxylic acids is 2. The number of aromatic nitrogens is 1. The van der Waals surface area contributed by atoms with Crippen LogP contribution in [0.4, 0.5) is 24.5 Å². The molecule has 2 fully saturated rings. The number of ether oxygens (including phenoxy) is 1. The molecule has 2 N–H and O–H groups in total. The lowest BCUT2D eigenvalue weighted by Crippen LogP contribution is -2.25. The van der Waals surface area contributed by atoms with E-state index in [4.69, 9.17) is 9.15 Å². The zero-order valence-corrected chi connectivity index (χ0v) is 28.1. The van der Waals surface area contributed by atoms with Gasteiger partial charge in [-0.1, -0.05) is 37.5 Å². The largest absolute Gasteiger partial charge is 0.492 e. The molecule has 2 saturated carbocycles. The second-order valence-electron chi connectivity index (χ2n) is 13.6. The third kappa shape index (κ3) is 9.31. The van der Waals surface area contributed by atoms with Gasteiger partial charge in [0.05, 0.1) is 12.3 Å². The molecule has 0 radical (unpaired) electrons. The van der Waals surface area contributed by atoms with Crippen LogP contribution in [0.2, 0.25) is 0 Å². The maximum atomic E-state index is 14.5. The topological polar surface area (TPSA) is 93.5 Å². The summed E-state index contributed by atoms with van der Waals surface area (Å²) in [5, 5.41) is 5.25. The van der Waals surface area contributed by atoms with Crippen molar-refractivity contribution in [1.29, 1.82) is 0 Å². The van der Waals surface area contributed by atoms with E-state index in [0.717, 1.165) is 42.9 Å². The first-order valence-electron chi connectivity index (χ1n) is 16.8. The lowest BCUT2D eigenvalue weighted by Gasteiger charge is -2.29. The van der Waals surface area contributed by atoms with Crippen LogP contribution in [0.1, 0.15) is 81.9 Å². The SMILES string of the molecule is C=CC(=O)Nc1cc(/C=C/C2CCC(C)(F)CC2)c2c(c1F)CCO2.C=CC(=O)Nc1cc(/C=C/C2CCC(C)(F)CC2)c2ocnc2c1. The third-order valence-electron chi connectivity index (χ3n) is 9.53. The van der Waals surface area contributed by atoms with Crippen molar-refractivity contribution in [2.45, 2.75) is 83.0 Å². The Morgan fingerprint density at radius 3 is 2.04 bits per heavy atom. The van der Waals surface area contributed by atoms with Crippen molar-refractivity contribution in [3.05, 3.63) is 84.6 Å². The standard InChI is InChI=1S/C20H23F2NO2.C19H21FN2O2/c1-3-17(24)23-16-12-14(19-15(18(16)21)8-11-25-19)5-4-13-6-9-20(2,22)10-7-13;1-3-17(23)22-15-10-14(18-16(11-15)21-12-24-18)5-4-13-6-8-19(2,20)9-7-13/h3-5,12-13H,1,6-11H2,2H3,(H,23,24);3-5,10-13H,1,6-9H2,2H3,(H,22,23)/b2*5-4+. The Morgan fingerprint density at radius 1 is 0.878 bits per heavy atom. The van der Waals surface area contributed by atoms with Gasteiger partial charge in [0.15, 0.2) is 17.8 Å². The monoisotopic (exact) mass is 675 g/mol. The number of oxazole rings is 1. The summed E-state index contributed by atoms with van der Waals surface area (Å²) in [5.74, 6) is 0.0158. The maximum absolute atomic E-state index is 14.5. The predicted molar refractivity (Wildman–Crippen MR) is 188 cm³/mol. The number of halogens is 3. The fourth-order valence-electron chi connectivity index (χ4n) is 6.50. The van der Waals surface area contributed by atoms with E-state index in [0.29, 0.717) is 78.6 Å². The smallest absolute Gasteiger partial charge is 0.247 e. The van der Waals surface area contributed by atoms with Gasteiger partial charge in [-0.2, -0.15) is 0 Å². The quantitative estimate of drug-likeness (QED) is 0.232. The molecule has 2 aliphatic carbocycles. The van der Waals surface area contributed by atoms with Crippen molar-refractivity contribution < 1.29 is 31.9 Å². The zero-order valence-electron chi connectivity index (χ0n) is 28.1. The van der Waals surface area contributed by atoms with Crippen molar-refractivity contribution >= 4 is 46.4 Å². The minimum Gasteiger partial charge on any atom is -0.492 e. The number of fused-ring (bicyclic) bond motifs is 2. The minimum atomic E-state index is -1.06. The van der Waals surface area contributed by atoms with Gasteiger partial charge in [-0.15, -0.1) is 0 Å². The number of allylic oxidation sites excluding steroid dienone is 2. The van der Waals surface area contributed by atoms with Gasteiger partial charge in [-0.05, 0) is 107 Å². The van der Waals surface area contributed by atoms with Crippen LogP contribution in [0.25, 0.3) is 23.3 Å². The molecule has 1 aliphatic heterocycles. The van der Waals surface area contributed by atoms with Gasteiger partial charge >= 0.3 is 0 Å². The molecule has 2 aromatic carbocycles. The number of alkyl halides is 2. The highest BCUT2D eigenvalue weighted by atomic mass is 19.1. The zero-order chi connectivity index (χ0) is 35.2. The summed E-state index contributed by atoms with van der Waals surface area (Å²) < 4.78 is 53.4. The normalized spacial score (nSPS) is 24.9. The number of carbonyl (C=O) groups is 2. The molecule has 260 valence electrons. The van der Waals surface area contributed by atoms with Crippen LogP contribution in [-0.2, 0) is 16.0 Å².